The second kappa shape index (κ2) is 6.89. The number of benzene rings is 2. The molecule has 1 N–H and O–H groups in total. The molecule has 27 heavy (non-hydrogen) atoms. The molecule has 0 saturated heterocycles. The van der Waals surface area contributed by atoms with Crippen molar-refractivity contribution >= 4 is 29.0 Å². The van der Waals surface area contributed by atoms with Crippen LogP contribution in [0.25, 0.3) is 16.9 Å². The van der Waals surface area contributed by atoms with E-state index < -0.39 is 0 Å². The van der Waals surface area contributed by atoms with Gasteiger partial charge in [0.2, 0.25) is 0 Å². The quantitative estimate of drug-likeness (QED) is 0.512. The molecule has 2 aromatic heterocycles. The number of nitrogens with one attached hydrogen (secondary N) is 1. The Hall–Kier alpha value is -3.11. The van der Waals surface area contributed by atoms with Gasteiger partial charge >= 0.3 is 0 Å². The Kier molecular flexibility index (Phi) is 4.42. The highest BCUT2D eigenvalue weighted by Crippen LogP contribution is 2.30. The average molecular weight is 376 g/mol. The van der Waals surface area contributed by atoms with Crippen LogP contribution in [0, 0.1) is 13.8 Å². The normalized spacial score (nSPS) is 10.9. The van der Waals surface area contributed by atoms with Gasteiger partial charge in [0.25, 0.3) is 5.91 Å². The molecule has 0 spiro atoms. The van der Waals surface area contributed by atoms with Crippen LogP contribution in [-0.2, 0) is 0 Å². The number of rotatable bonds is 3. The van der Waals surface area contributed by atoms with Crippen molar-refractivity contribution in [2.45, 2.75) is 13.8 Å². The number of aromatic nitrogens is 2. The highest BCUT2D eigenvalue weighted by Gasteiger charge is 2.17. The van der Waals surface area contributed by atoms with Gasteiger partial charge in [-0.25, -0.2) is 4.98 Å². The lowest BCUT2D eigenvalue weighted by atomic mass is 10.1. The zero-order valence-corrected chi connectivity index (χ0v) is 15.8. The summed E-state index contributed by atoms with van der Waals surface area (Å²) in [6.07, 6.45) is 1.97. The molecule has 4 nitrogen and oxygen atoms in total. The number of carbonyl (C=O) groups is 1. The van der Waals surface area contributed by atoms with E-state index in [1.165, 1.54) is 5.56 Å². The number of halogens is 1. The number of hydrogen-bond acceptors (Lipinski definition) is 2. The predicted octanol–water partition coefficient (Wildman–Crippen LogP) is 5.52. The number of amides is 1. The molecule has 0 aliphatic heterocycles. The molecule has 0 aliphatic rings. The van der Waals surface area contributed by atoms with E-state index in [0.29, 0.717) is 16.4 Å². The van der Waals surface area contributed by atoms with Gasteiger partial charge in [0.05, 0.1) is 0 Å². The van der Waals surface area contributed by atoms with Crippen LogP contribution in [0.5, 0.6) is 0 Å². The molecular weight excluding hydrogens is 358 g/mol. The first-order valence-corrected chi connectivity index (χ1v) is 9.02. The van der Waals surface area contributed by atoms with Gasteiger partial charge in [-0.05, 0) is 49.7 Å². The van der Waals surface area contributed by atoms with Crippen molar-refractivity contribution in [2.24, 2.45) is 0 Å². The molecule has 134 valence electrons. The minimum atomic E-state index is -0.205. The van der Waals surface area contributed by atoms with Gasteiger partial charge in [0.15, 0.2) is 0 Å². The van der Waals surface area contributed by atoms with E-state index >= 15 is 0 Å². The first-order chi connectivity index (χ1) is 13.0. The predicted molar refractivity (Wildman–Crippen MR) is 110 cm³/mol. The first kappa shape index (κ1) is 17.3. The summed E-state index contributed by atoms with van der Waals surface area (Å²) in [6.45, 7) is 4.05. The van der Waals surface area contributed by atoms with Crippen molar-refractivity contribution in [2.75, 3.05) is 5.32 Å². The fraction of sp³-hybridized carbons (Fsp3) is 0.0909. The molecule has 0 aliphatic carbocycles. The van der Waals surface area contributed by atoms with Crippen molar-refractivity contribution in [3.63, 3.8) is 0 Å². The maximum Gasteiger partial charge on any atom is 0.256 e. The number of anilines is 1. The Morgan fingerprint density at radius 3 is 2.30 bits per heavy atom. The zero-order chi connectivity index (χ0) is 19.0. The Morgan fingerprint density at radius 1 is 0.926 bits per heavy atom. The van der Waals surface area contributed by atoms with Gasteiger partial charge < -0.3 is 5.32 Å². The number of imidazole rings is 1. The topological polar surface area (TPSA) is 46.4 Å². The van der Waals surface area contributed by atoms with E-state index in [1.54, 1.807) is 24.3 Å². The lowest BCUT2D eigenvalue weighted by molar-refractivity contribution is 0.102. The largest absolute Gasteiger partial charge is 0.306 e. The van der Waals surface area contributed by atoms with Crippen molar-refractivity contribution in [1.82, 2.24) is 9.38 Å². The summed E-state index contributed by atoms with van der Waals surface area (Å²) in [4.78, 5) is 17.5. The minimum Gasteiger partial charge on any atom is -0.306 e. The monoisotopic (exact) mass is 375 g/mol. The average Bonchev–Trinajstić information content (AvgIpc) is 3.00. The van der Waals surface area contributed by atoms with Crippen molar-refractivity contribution < 1.29 is 4.79 Å². The van der Waals surface area contributed by atoms with Crippen LogP contribution in [0.15, 0.2) is 66.9 Å². The summed E-state index contributed by atoms with van der Waals surface area (Å²) in [5.41, 5.74) is 5.26. The standard InChI is InChI=1S/C22H18ClN3O/c1-14-3-6-16(7-4-14)20-21(26-13-15(2)5-12-19(26)24-20)25-22(27)17-8-10-18(23)11-9-17/h3-13H,1-2H3,(H,25,27). The lowest BCUT2D eigenvalue weighted by Gasteiger charge is -2.09. The molecule has 1 amide bonds. The Balaban J connectivity index is 1.82. The van der Waals surface area contributed by atoms with E-state index in [4.69, 9.17) is 16.6 Å². The number of pyridine rings is 1. The molecular formula is C22H18ClN3O. The van der Waals surface area contributed by atoms with Crippen LogP contribution in [-0.4, -0.2) is 15.3 Å². The van der Waals surface area contributed by atoms with Gasteiger partial charge in [-0.15, -0.1) is 0 Å². The molecule has 2 aromatic carbocycles. The highest BCUT2D eigenvalue weighted by molar-refractivity contribution is 6.30. The number of fused-ring (bicyclic) bond motifs is 1. The summed E-state index contributed by atoms with van der Waals surface area (Å²) < 4.78 is 1.92. The van der Waals surface area contributed by atoms with Gasteiger partial charge in [-0.3, -0.25) is 9.20 Å². The smallest absolute Gasteiger partial charge is 0.256 e. The maximum absolute atomic E-state index is 12.8. The second-order valence-electron chi connectivity index (χ2n) is 6.57. The number of nitrogens with zero attached hydrogens (tertiary/aromatic N) is 2. The number of hydrogen-bond donors (Lipinski definition) is 1. The third-order valence-electron chi connectivity index (χ3n) is 4.43. The number of aryl methyl sites for hydroxylation is 2. The molecule has 0 unspecified atom stereocenters. The van der Waals surface area contributed by atoms with Gasteiger partial charge in [-0.1, -0.05) is 47.5 Å². The molecule has 0 radical (unpaired) electrons. The fourth-order valence-corrected chi connectivity index (χ4v) is 3.09. The molecule has 4 rings (SSSR count). The Bertz CT molecular complexity index is 1130. The summed E-state index contributed by atoms with van der Waals surface area (Å²) in [5.74, 6) is 0.445. The van der Waals surface area contributed by atoms with E-state index in [9.17, 15) is 4.79 Å². The second-order valence-corrected chi connectivity index (χ2v) is 7.01. The van der Waals surface area contributed by atoms with Crippen LogP contribution in [0.2, 0.25) is 5.02 Å². The van der Waals surface area contributed by atoms with Crippen molar-refractivity contribution in [1.29, 1.82) is 0 Å². The molecule has 0 bridgehead atoms. The molecule has 0 fully saturated rings. The van der Waals surface area contributed by atoms with Crippen LogP contribution >= 0.6 is 11.6 Å². The van der Waals surface area contributed by atoms with Crippen LogP contribution in [0.4, 0.5) is 5.82 Å². The molecule has 5 heteroatoms. The minimum absolute atomic E-state index is 0.205. The van der Waals surface area contributed by atoms with E-state index in [2.05, 4.69) is 5.32 Å². The van der Waals surface area contributed by atoms with E-state index in [0.717, 1.165) is 22.5 Å². The Morgan fingerprint density at radius 2 is 1.59 bits per heavy atom. The lowest BCUT2D eigenvalue weighted by Crippen LogP contribution is -2.14. The number of carbonyl (C=O) groups excluding carboxylic acids is 1. The highest BCUT2D eigenvalue weighted by atomic mass is 35.5. The summed E-state index contributed by atoms with van der Waals surface area (Å²) >= 11 is 5.93. The van der Waals surface area contributed by atoms with Crippen molar-refractivity contribution in [3.05, 3.63) is 88.6 Å². The molecule has 0 atom stereocenters. The van der Waals surface area contributed by atoms with E-state index in [-0.39, 0.29) is 5.91 Å². The first-order valence-electron chi connectivity index (χ1n) is 8.64. The zero-order valence-electron chi connectivity index (χ0n) is 15.0. The fourth-order valence-electron chi connectivity index (χ4n) is 2.96. The van der Waals surface area contributed by atoms with E-state index in [1.807, 2.05) is 60.8 Å². The van der Waals surface area contributed by atoms with Gasteiger partial charge in [0.1, 0.15) is 17.2 Å². The molecule has 4 aromatic rings. The van der Waals surface area contributed by atoms with Gasteiger partial charge in [-0.2, -0.15) is 0 Å². The molecule has 0 saturated carbocycles. The van der Waals surface area contributed by atoms with Crippen molar-refractivity contribution in [3.8, 4) is 11.3 Å². The van der Waals surface area contributed by atoms with Gasteiger partial charge in [0, 0.05) is 22.3 Å². The third kappa shape index (κ3) is 3.44. The van der Waals surface area contributed by atoms with Crippen LogP contribution < -0.4 is 5.32 Å². The van der Waals surface area contributed by atoms with Crippen LogP contribution in [0.1, 0.15) is 21.5 Å². The molecule has 2 heterocycles. The summed E-state index contributed by atoms with van der Waals surface area (Å²) in [7, 11) is 0. The third-order valence-corrected chi connectivity index (χ3v) is 4.68. The Labute approximate surface area is 162 Å². The van der Waals surface area contributed by atoms with Crippen LogP contribution in [0.3, 0.4) is 0 Å². The SMILES string of the molecule is Cc1ccc(-c2nc3ccc(C)cn3c2NC(=O)c2ccc(Cl)cc2)cc1. The summed E-state index contributed by atoms with van der Waals surface area (Å²) in [5, 5.41) is 3.62. The summed E-state index contributed by atoms with van der Waals surface area (Å²) in [6, 6.07) is 18.9. The maximum atomic E-state index is 12.8.